The predicted molar refractivity (Wildman–Crippen MR) is 115 cm³/mol. The zero-order chi connectivity index (χ0) is 20.2. The van der Waals surface area contributed by atoms with Gasteiger partial charge in [0.25, 0.3) is 0 Å². The van der Waals surface area contributed by atoms with E-state index in [1.165, 1.54) is 30.4 Å². The van der Waals surface area contributed by atoms with Gasteiger partial charge in [0.15, 0.2) is 0 Å². The van der Waals surface area contributed by atoms with Crippen molar-refractivity contribution in [3.8, 4) is 0 Å². The number of allylic oxidation sites excluding steroid dienone is 1. The summed E-state index contributed by atoms with van der Waals surface area (Å²) in [6.07, 6.45) is 16.0. The van der Waals surface area contributed by atoms with Crippen molar-refractivity contribution in [3.63, 3.8) is 0 Å². The number of Topliss-reactive ketones (excluding diaryl/α,β-unsaturated/α-hetero) is 1. The molecule has 2 atom stereocenters. The van der Waals surface area contributed by atoms with Crippen LogP contribution in [0, 0.1) is 11.8 Å². The second-order valence-corrected chi connectivity index (χ2v) is 8.18. The molecule has 3 nitrogen and oxygen atoms in total. The van der Waals surface area contributed by atoms with Crippen LogP contribution in [0.1, 0.15) is 88.7 Å². The molecule has 0 aromatic heterocycles. The Hall–Kier alpha value is -1.90. The molecule has 3 heteroatoms. The van der Waals surface area contributed by atoms with Crippen LogP contribution in [0.25, 0.3) is 6.08 Å². The van der Waals surface area contributed by atoms with Crippen molar-refractivity contribution in [2.45, 2.75) is 84.0 Å². The number of rotatable bonds is 13. The number of aryl methyl sites for hydroxylation is 1. The Bertz CT molecular complexity index is 630. The van der Waals surface area contributed by atoms with Crippen LogP contribution >= 0.6 is 0 Å². The fourth-order valence-electron chi connectivity index (χ4n) is 4.14. The molecule has 1 fully saturated rings. The van der Waals surface area contributed by atoms with Crippen molar-refractivity contribution in [1.29, 1.82) is 0 Å². The van der Waals surface area contributed by atoms with E-state index in [-0.39, 0.29) is 12.3 Å². The highest BCUT2D eigenvalue weighted by Gasteiger charge is 2.32. The lowest BCUT2D eigenvalue weighted by Crippen LogP contribution is -2.13. The van der Waals surface area contributed by atoms with E-state index in [1.807, 2.05) is 0 Å². The van der Waals surface area contributed by atoms with Crippen molar-refractivity contribution in [2.75, 3.05) is 0 Å². The molecule has 0 saturated heterocycles. The molecule has 0 bridgehead atoms. The van der Waals surface area contributed by atoms with Crippen LogP contribution in [0.4, 0.5) is 0 Å². The van der Waals surface area contributed by atoms with E-state index in [4.69, 9.17) is 5.11 Å². The number of carbonyl (C=O) groups excluding carboxylic acids is 1. The van der Waals surface area contributed by atoms with E-state index in [0.717, 1.165) is 44.9 Å². The number of carbonyl (C=O) groups is 2. The average molecular weight is 385 g/mol. The Labute approximate surface area is 170 Å². The van der Waals surface area contributed by atoms with Gasteiger partial charge in [-0.2, -0.15) is 0 Å². The number of aliphatic carboxylic acids is 1. The van der Waals surface area contributed by atoms with Gasteiger partial charge in [0.2, 0.25) is 0 Å². The third kappa shape index (κ3) is 8.00. The van der Waals surface area contributed by atoms with E-state index in [1.54, 1.807) is 0 Å². The number of hydrogen-bond donors (Lipinski definition) is 1. The van der Waals surface area contributed by atoms with Crippen molar-refractivity contribution in [3.05, 3.63) is 41.5 Å². The summed E-state index contributed by atoms with van der Waals surface area (Å²) in [5.74, 6) is 0.205. The first-order valence-corrected chi connectivity index (χ1v) is 11.1. The minimum Gasteiger partial charge on any atom is -0.481 e. The monoisotopic (exact) mass is 384 g/mol. The Kier molecular flexibility index (Phi) is 10.0. The molecule has 1 aliphatic carbocycles. The molecule has 0 amide bonds. The van der Waals surface area contributed by atoms with E-state index in [9.17, 15) is 9.59 Å². The maximum Gasteiger partial charge on any atom is 0.303 e. The van der Waals surface area contributed by atoms with Crippen LogP contribution in [0.2, 0.25) is 0 Å². The molecule has 0 heterocycles. The number of carboxylic acid groups (broad SMARTS) is 1. The van der Waals surface area contributed by atoms with Crippen LogP contribution in [0.3, 0.4) is 0 Å². The summed E-state index contributed by atoms with van der Waals surface area (Å²) in [5, 5.41) is 8.68. The van der Waals surface area contributed by atoms with Gasteiger partial charge in [-0.1, -0.05) is 75.4 Å². The molecule has 1 aliphatic rings. The first-order valence-electron chi connectivity index (χ1n) is 11.1. The van der Waals surface area contributed by atoms with Gasteiger partial charge in [0.05, 0.1) is 0 Å². The standard InChI is InChI=1S/C25H36O3/c1-2-3-6-9-20-12-14-21(15-13-20)16-17-22-18-19-24(26)23(22)10-7-4-5-8-11-25(27)28/h12-17,22-23H,2-11,18-19H2,1H3,(H,27,28)/t22-,23+/m1/s1. The Morgan fingerprint density at radius 1 is 1.07 bits per heavy atom. The minimum atomic E-state index is -0.717. The van der Waals surface area contributed by atoms with Gasteiger partial charge in [0, 0.05) is 18.8 Å². The van der Waals surface area contributed by atoms with E-state index >= 15 is 0 Å². The molecular weight excluding hydrogens is 348 g/mol. The predicted octanol–water partition coefficient (Wildman–Crippen LogP) is 6.45. The zero-order valence-electron chi connectivity index (χ0n) is 17.4. The number of hydrogen-bond acceptors (Lipinski definition) is 2. The highest BCUT2D eigenvalue weighted by molar-refractivity contribution is 5.84. The highest BCUT2D eigenvalue weighted by Crippen LogP contribution is 2.34. The molecular formula is C25H36O3. The maximum atomic E-state index is 12.3. The Morgan fingerprint density at radius 3 is 2.54 bits per heavy atom. The number of ketones is 1. The normalized spacial score (nSPS) is 19.5. The minimum absolute atomic E-state index is 0.157. The first-order chi connectivity index (χ1) is 13.6. The molecule has 0 spiro atoms. The van der Waals surface area contributed by atoms with Gasteiger partial charge in [-0.25, -0.2) is 0 Å². The molecule has 0 radical (unpaired) electrons. The van der Waals surface area contributed by atoms with E-state index in [0.29, 0.717) is 18.1 Å². The summed E-state index contributed by atoms with van der Waals surface area (Å²) in [4.78, 5) is 22.8. The van der Waals surface area contributed by atoms with Gasteiger partial charge in [0.1, 0.15) is 5.78 Å². The van der Waals surface area contributed by atoms with Crippen molar-refractivity contribution in [1.82, 2.24) is 0 Å². The molecule has 2 rings (SSSR count). The lowest BCUT2D eigenvalue weighted by atomic mass is 9.89. The first kappa shape index (κ1) is 22.4. The summed E-state index contributed by atoms with van der Waals surface area (Å²) in [6, 6.07) is 8.82. The van der Waals surface area contributed by atoms with Crippen molar-refractivity contribution < 1.29 is 14.7 Å². The van der Waals surface area contributed by atoms with Crippen LogP contribution in [0.5, 0.6) is 0 Å². The maximum absolute atomic E-state index is 12.3. The summed E-state index contributed by atoms with van der Waals surface area (Å²) >= 11 is 0. The second-order valence-electron chi connectivity index (χ2n) is 8.18. The fraction of sp³-hybridized carbons (Fsp3) is 0.600. The zero-order valence-corrected chi connectivity index (χ0v) is 17.4. The average Bonchev–Trinajstić information content (AvgIpc) is 3.03. The number of carboxylic acids is 1. The van der Waals surface area contributed by atoms with Gasteiger partial charge >= 0.3 is 5.97 Å². The molecule has 1 aromatic carbocycles. The Morgan fingerprint density at radius 2 is 1.82 bits per heavy atom. The van der Waals surface area contributed by atoms with Gasteiger partial charge in [-0.15, -0.1) is 0 Å². The number of benzene rings is 1. The van der Waals surface area contributed by atoms with Gasteiger partial charge < -0.3 is 5.11 Å². The van der Waals surface area contributed by atoms with Crippen LogP contribution in [0.15, 0.2) is 30.3 Å². The largest absolute Gasteiger partial charge is 0.481 e. The van der Waals surface area contributed by atoms with Crippen molar-refractivity contribution in [2.24, 2.45) is 11.8 Å². The molecule has 0 unspecified atom stereocenters. The third-order valence-corrected chi connectivity index (χ3v) is 5.89. The van der Waals surface area contributed by atoms with Crippen LogP contribution in [-0.4, -0.2) is 16.9 Å². The molecule has 1 aromatic rings. The molecule has 28 heavy (non-hydrogen) atoms. The van der Waals surface area contributed by atoms with Crippen LogP contribution < -0.4 is 0 Å². The summed E-state index contributed by atoms with van der Waals surface area (Å²) < 4.78 is 0. The lowest BCUT2D eigenvalue weighted by molar-refractivity contribution is -0.137. The topological polar surface area (TPSA) is 54.4 Å². The summed E-state index contributed by atoms with van der Waals surface area (Å²) in [7, 11) is 0. The highest BCUT2D eigenvalue weighted by atomic mass is 16.4. The lowest BCUT2D eigenvalue weighted by Gasteiger charge is -2.14. The molecule has 0 aliphatic heterocycles. The number of unbranched alkanes of at least 4 members (excludes halogenated alkanes) is 5. The Balaban J connectivity index is 1.77. The summed E-state index contributed by atoms with van der Waals surface area (Å²) in [5.41, 5.74) is 2.62. The molecule has 1 N–H and O–H groups in total. The van der Waals surface area contributed by atoms with Crippen molar-refractivity contribution >= 4 is 17.8 Å². The van der Waals surface area contributed by atoms with Crippen LogP contribution in [-0.2, 0) is 16.0 Å². The fourth-order valence-corrected chi connectivity index (χ4v) is 4.14. The molecule has 154 valence electrons. The van der Waals surface area contributed by atoms with E-state index < -0.39 is 5.97 Å². The summed E-state index contributed by atoms with van der Waals surface area (Å²) in [6.45, 7) is 2.23. The SMILES string of the molecule is CCCCCc1ccc(C=C[C@@H]2CCC(=O)[C@H]2CCCCCCC(=O)O)cc1. The second kappa shape index (κ2) is 12.5. The quantitative estimate of drug-likeness (QED) is 0.397. The van der Waals surface area contributed by atoms with Gasteiger partial charge in [-0.3, -0.25) is 9.59 Å². The third-order valence-electron chi connectivity index (χ3n) is 5.89. The van der Waals surface area contributed by atoms with Gasteiger partial charge in [-0.05, 0) is 49.1 Å². The van der Waals surface area contributed by atoms with E-state index in [2.05, 4.69) is 43.3 Å². The molecule has 1 saturated carbocycles. The smallest absolute Gasteiger partial charge is 0.303 e.